The molecule has 0 aromatic carbocycles. The second-order valence-corrected chi connectivity index (χ2v) is 4.59. The molecule has 0 bridgehead atoms. The second-order valence-electron chi connectivity index (χ2n) is 4.59. The number of carbonyl (C=O) groups is 1. The van der Waals surface area contributed by atoms with Crippen molar-refractivity contribution in [1.82, 2.24) is 10.2 Å². The maximum atomic E-state index is 10.8. The summed E-state index contributed by atoms with van der Waals surface area (Å²) in [5.41, 5.74) is 0.894. The monoisotopic (exact) mass is 235 g/mol. The Morgan fingerprint density at radius 3 is 2.53 bits per heavy atom. The summed E-state index contributed by atoms with van der Waals surface area (Å²) in [6.07, 6.45) is 3.25. The fourth-order valence-corrected chi connectivity index (χ4v) is 2.17. The molecule has 2 N–H and O–H groups in total. The highest BCUT2D eigenvalue weighted by atomic mass is 16.4. The van der Waals surface area contributed by atoms with E-state index in [0.717, 1.165) is 37.2 Å². The Bertz CT molecular complexity index is 383. The van der Waals surface area contributed by atoms with Crippen LogP contribution in [0.3, 0.4) is 0 Å². The number of aromatic nitrogens is 2. The van der Waals surface area contributed by atoms with Gasteiger partial charge in [0.1, 0.15) is 5.82 Å². The molecule has 1 heterocycles. The van der Waals surface area contributed by atoms with Gasteiger partial charge in [-0.3, -0.25) is 4.79 Å². The third-order valence-electron chi connectivity index (χ3n) is 3.23. The lowest BCUT2D eigenvalue weighted by Crippen LogP contribution is -2.29. The minimum absolute atomic E-state index is 0.169. The van der Waals surface area contributed by atoms with Crippen LogP contribution in [0, 0.1) is 12.8 Å². The van der Waals surface area contributed by atoms with Crippen LogP contribution in [0.1, 0.15) is 31.4 Å². The van der Waals surface area contributed by atoms with Crippen LogP contribution in [0.15, 0.2) is 12.1 Å². The van der Waals surface area contributed by atoms with Gasteiger partial charge < -0.3 is 10.4 Å². The Balaban J connectivity index is 1.85. The average molecular weight is 235 g/mol. The first-order valence-electron chi connectivity index (χ1n) is 5.95. The van der Waals surface area contributed by atoms with E-state index in [1.807, 2.05) is 19.1 Å². The smallest absolute Gasteiger partial charge is 0.306 e. The normalized spacial score (nSPS) is 24.3. The number of aryl methyl sites for hydroxylation is 1. The zero-order valence-corrected chi connectivity index (χ0v) is 9.89. The third-order valence-corrected chi connectivity index (χ3v) is 3.23. The summed E-state index contributed by atoms with van der Waals surface area (Å²) in [5.74, 6) is -0.0647. The second kappa shape index (κ2) is 5.12. The summed E-state index contributed by atoms with van der Waals surface area (Å²) in [5, 5.41) is 20.2. The van der Waals surface area contributed by atoms with Crippen molar-refractivity contribution in [3.63, 3.8) is 0 Å². The van der Waals surface area contributed by atoms with Crippen LogP contribution in [0.2, 0.25) is 0 Å². The van der Waals surface area contributed by atoms with Crippen molar-refractivity contribution < 1.29 is 9.90 Å². The van der Waals surface area contributed by atoms with E-state index in [1.165, 1.54) is 0 Å². The number of anilines is 1. The van der Waals surface area contributed by atoms with Crippen molar-refractivity contribution in [2.24, 2.45) is 5.92 Å². The van der Waals surface area contributed by atoms with Gasteiger partial charge in [0.2, 0.25) is 0 Å². The number of hydrogen-bond donors (Lipinski definition) is 2. The maximum Gasteiger partial charge on any atom is 0.306 e. The Morgan fingerprint density at radius 1 is 1.29 bits per heavy atom. The van der Waals surface area contributed by atoms with E-state index >= 15 is 0 Å². The van der Waals surface area contributed by atoms with Crippen molar-refractivity contribution in [2.75, 3.05) is 5.32 Å². The molecule has 0 radical (unpaired) electrons. The molecule has 5 heteroatoms. The summed E-state index contributed by atoms with van der Waals surface area (Å²) < 4.78 is 0. The fourth-order valence-electron chi connectivity index (χ4n) is 2.17. The number of nitrogens with one attached hydrogen (secondary N) is 1. The van der Waals surface area contributed by atoms with E-state index < -0.39 is 5.97 Å². The molecule has 5 nitrogen and oxygen atoms in total. The Kier molecular flexibility index (Phi) is 3.56. The number of rotatable bonds is 3. The molecule has 0 aliphatic heterocycles. The van der Waals surface area contributed by atoms with Crippen molar-refractivity contribution in [3.8, 4) is 0 Å². The average Bonchev–Trinajstić information content (AvgIpc) is 2.33. The van der Waals surface area contributed by atoms with E-state index in [-0.39, 0.29) is 5.92 Å². The van der Waals surface area contributed by atoms with Crippen molar-refractivity contribution in [1.29, 1.82) is 0 Å². The first-order chi connectivity index (χ1) is 8.15. The van der Waals surface area contributed by atoms with E-state index in [4.69, 9.17) is 5.11 Å². The number of hydrogen-bond acceptors (Lipinski definition) is 4. The minimum atomic E-state index is -0.668. The lowest BCUT2D eigenvalue weighted by molar-refractivity contribution is -0.142. The van der Waals surface area contributed by atoms with Crippen molar-refractivity contribution >= 4 is 11.8 Å². The van der Waals surface area contributed by atoms with E-state index in [9.17, 15) is 4.79 Å². The predicted octanol–water partition coefficient (Wildman–Crippen LogP) is 1.84. The molecule has 1 fully saturated rings. The highest BCUT2D eigenvalue weighted by molar-refractivity contribution is 5.70. The molecular formula is C12H17N3O2. The van der Waals surface area contributed by atoms with Gasteiger partial charge in [-0.1, -0.05) is 0 Å². The van der Waals surface area contributed by atoms with E-state index in [1.54, 1.807) is 0 Å². The molecule has 0 atom stereocenters. The quantitative estimate of drug-likeness (QED) is 0.836. The molecule has 2 rings (SSSR count). The van der Waals surface area contributed by atoms with Gasteiger partial charge in [0, 0.05) is 6.04 Å². The SMILES string of the molecule is Cc1ccc(NC2CCC(C(=O)O)CC2)nn1. The van der Waals surface area contributed by atoms with Gasteiger partial charge in [0.15, 0.2) is 0 Å². The Morgan fingerprint density at radius 2 is 2.00 bits per heavy atom. The minimum Gasteiger partial charge on any atom is -0.481 e. The van der Waals surface area contributed by atoms with Gasteiger partial charge in [-0.15, -0.1) is 5.10 Å². The maximum absolute atomic E-state index is 10.8. The van der Waals surface area contributed by atoms with Crippen molar-refractivity contribution in [2.45, 2.75) is 38.6 Å². The molecule has 0 amide bonds. The molecular weight excluding hydrogens is 218 g/mol. The zero-order chi connectivity index (χ0) is 12.3. The summed E-state index contributed by atoms with van der Waals surface area (Å²) in [6, 6.07) is 4.15. The van der Waals surface area contributed by atoms with Crippen LogP contribution >= 0.6 is 0 Å². The first-order valence-corrected chi connectivity index (χ1v) is 5.95. The van der Waals surface area contributed by atoms with E-state index in [0.29, 0.717) is 6.04 Å². The van der Waals surface area contributed by atoms with Gasteiger partial charge in [0.25, 0.3) is 0 Å². The van der Waals surface area contributed by atoms with Gasteiger partial charge in [-0.2, -0.15) is 5.10 Å². The molecule has 0 spiro atoms. The molecule has 1 saturated carbocycles. The first kappa shape index (κ1) is 11.8. The molecule has 92 valence electrons. The highest BCUT2D eigenvalue weighted by Gasteiger charge is 2.25. The Labute approximate surface area is 100 Å². The lowest BCUT2D eigenvalue weighted by Gasteiger charge is -2.26. The van der Waals surface area contributed by atoms with Crippen LogP contribution in [0.5, 0.6) is 0 Å². The summed E-state index contributed by atoms with van der Waals surface area (Å²) >= 11 is 0. The van der Waals surface area contributed by atoms with Gasteiger partial charge >= 0.3 is 5.97 Å². The molecule has 1 aromatic heterocycles. The van der Waals surface area contributed by atoms with Gasteiger partial charge in [0.05, 0.1) is 11.6 Å². The standard InChI is InChI=1S/C12H17N3O2/c1-8-2-7-11(15-14-8)13-10-5-3-9(4-6-10)12(16)17/h2,7,9-10H,3-6H2,1H3,(H,13,15)(H,16,17). The largest absolute Gasteiger partial charge is 0.481 e. The van der Waals surface area contributed by atoms with Crippen LogP contribution in [0.25, 0.3) is 0 Å². The molecule has 17 heavy (non-hydrogen) atoms. The summed E-state index contributed by atoms with van der Waals surface area (Å²) in [4.78, 5) is 10.8. The van der Waals surface area contributed by atoms with Gasteiger partial charge in [-0.05, 0) is 44.7 Å². The Hall–Kier alpha value is -1.65. The van der Waals surface area contributed by atoms with Crippen molar-refractivity contribution in [3.05, 3.63) is 17.8 Å². The predicted molar refractivity (Wildman–Crippen MR) is 63.8 cm³/mol. The van der Waals surface area contributed by atoms with Crippen LogP contribution < -0.4 is 5.32 Å². The molecule has 0 saturated heterocycles. The molecule has 0 unspecified atom stereocenters. The number of carboxylic acids is 1. The van der Waals surface area contributed by atoms with Crippen LogP contribution in [-0.4, -0.2) is 27.3 Å². The van der Waals surface area contributed by atoms with E-state index in [2.05, 4.69) is 15.5 Å². The number of carboxylic acid groups (broad SMARTS) is 1. The van der Waals surface area contributed by atoms with Gasteiger partial charge in [-0.25, -0.2) is 0 Å². The number of aliphatic carboxylic acids is 1. The summed E-state index contributed by atoms with van der Waals surface area (Å²) in [7, 11) is 0. The topological polar surface area (TPSA) is 75.1 Å². The molecule has 1 aromatic rings. The fraction of sp³-hybridized carbons (Fsp3) is 0.583. The molecule has 1 aliphatic carbocycles. The van der Waals surface area contributed by atoms with Crippen LogP contribution in [-0.2, 0) is 4.79 Å². The van der Waals surface area contributed by atoms with Crippen LogP contribution in [0.4, 0.5) is 5.82 Å². The molecule has 1 aliphatic rings. The number of nitrogens with zero attached hydrogens (tertiary/aromatic N) is 2. The third kappa shape index (κ3) is 3.15. The zero-order valence-electron chi connectivity index (χ0n) is 9.89. The summed E-state index contributed by atoms with van der Waals surface area (Å²) in [6.45, 7) is 1.90. The highest BCUT2D eigenvalue weighted by Crippen LogP contribution is 2.26. The lowest BCUT2D eigenvalue weighted by atomic mass is 9.86.